The van der Waals surface area contributed by atoms with Crippen LogP contribution in [0.5, 0.6) is 0 Å². The molecule has 0 aliphatic carbocycles. The molecule has 2 aliphatic rings. The number of hydrazine groups is 1. The summed E-state index contributed by atoms with van der Waals surface area (Å²) in [4.78, 5) is 39.3. The topological polar surface area (TPSA) is 81.8 Å². The van der Waals surface area contributed by atoms with Gasteiger partial charge in [-0.05, 0) is 38.4 Å². The highest BCUT2D eigenvalue weighted by Gasteiger charge is 2.49. The molecule has 1 aromatic rings. The molecule has 0 radical (unpaired) electrons. The van der Waals surface area contributed by atoms with Crippen molar-refractivity contribution in [2.45, 2.75) is 38.1 Å². The molecule has 25 heavy (non-hydrogen) atoms. The molecule has 1 atom stereocenters. The van der Waals surface area contributed by atoms with Crippen molar-refractivity contribution in [1.82, 2.24) is 20.7 Å². The van der Waals surface area contributed by atoms with E-state index in [4.69, 9.17) is 0 Å². The van der Waals surface area contributed by atoms with Gasteiger partial charge in [-0.2, -0.15) is 5.01 Å². The van der Waals surface area contributed by atoms with Gasteiger partial charge in [-0.15, -0.1) is 0 Å². The van der Waals surface area contributed by atoms with Crippen LogP contribution < -0.4 is 10.7 Å². The van der Waals surface area contributed by atoms with Gasteiger partial charge in [0.2, 0.25) is 0 Å². The summed E-state index contributed by atoms with van der Waals surface area (Å²) in [6.45, 7) is 3.58. The number of nitrogens with one attached hydrogen (secondary N) is 2. The van der Waals surface area contributed by atoms with E-state index >= 15 is 0 Å². The Labute approximate surface area is 147 Å². The van der Waals surface area contributed by atoms with Gasteiger partial charge in [-0.1, -0.05) is 43.2 Å². The fourth-order valence-corrected chi connectivity index (χ4v) is 3.37. The first kappa shape index (κ1) is 17.4. The van der Waals surface area contributed by atoms with E-state index in [2.05, 4.69) is 15.6 Å². The number of amides is 4. The van der Waals surface area contributed by atoms with Crippen LogP contribution >= 0.6 is 0 Å². The van der Waals surface area contributed by atoms with E-state index in [1.807, 2.05) is 6.07 Å². The lowest BCUT2D eigenvalue weighted by atomic mass is 9.92. The van der Waals surface area contributed by atoms with Crippen molar-refractivity contribution in [3.05, 3.63) is 35.9 Å². The van der Waals surface area contributed by atoms with Crippen molar-refractivity contribution >= 4 is 17.8 Å². The van der Waals surface area contributed by atoms with Gasteiger partial charge in [0.1, 0.15) is 5.54 Å². The molecule has 0 aromatic heterocycles. The Morgan fingerprint density at radius 2 is 1.76 bits per heavy atom. The summed E-state index contributed by atoms with van der Waals surface area (Å²) in [5.41, 5.74) is 1.97. The lowest BCUT2D eigenvalue weighted by molar-refractivity contribution is -0.139. The third-order valence-corrected chi connectivity index (χ3v) is 4.84. The predicted molar refractivity (Wildman–Crippen MR) is 92.2 cm³/mol. The maximum atomic E-state index is 12.7. The maximum Gasteiger partial charge on any atom is 0.344 e. The summed E-state index contributed by atoms with van der Waals surface area (Å²) < 4.78 is 0. The second-order valence-corrected chi connectivity index (χ2v) is 6.79. The first-order valence-corrected chi connectivity index (χ1v) is 8.75. The molecule has 0 saturated carbocycles. The van der Waals surface area contributed by atoms with Gasteiger partial charge in [0.15, 0.2) is 0 Å². The van der Waals surface area contributed by atoms with Crippen molar-refractivity contribution in [2.24, 2.45) is 0 Å². The summed E-state index contributed by atoms with van der Waals surface area (Å²) in [6.07, 6.45) is 4.51. The standard InChI is InChI=1S/C18H24N4O3/c1-18(14-9-5-4-6-10-14)16(24)22(17(25)19-18)20-15(23)13-21-11-7-2-3-8-12-21/h4-6,9-10H,2-3,7-8,11-13H2,1H3,(H,19,25)(H,20,23)/t18-/m1/s1. The molecule has 0 unspecified atom stereocenters. The van der Waals surface area contributed by atoms with E-state index < -0.39 is 17.5 Å². The second-order valence-electron chi connectivity index (χ2n) is 6.79. The van der Waals surface area contributed by atoms with E-state index in [1.165, 1.54) is 12.8 Å². The summed E-state index contributed by atoms with van der Waals surface area (Å²) in [7, 11) is 0. The van der Waals surface area contributed by atoms with Gasteiger partial charge >= 0.3 is 6.03 Å². The van der Waals surface area contributed by atoms with E-state index in [-0.39, 0.29) is 12.5 Å². The van der Waals surface area contributed by atoms with Crippen LogP contribution in [0.15, 0.2) is 30.3 Å². The lowest BCUT2D eigenvalue weighted by Gasteiger charge is -2.23. The summed E-state index contributed by atoms with van der Waals surface area (Å²) in [6, 6.07) is 8.40. The van der Waals surface area contributed by atoms with Gasteiger partial charge < -0.3 is 5.32 Å². The molecule has 2 aliphatic heterocycles. The van der Waals surface area contributed by atoms with Crippen molar-refractivity contribution in [3.63, 3.8) is 0 Å². The minimum atomic E-state index is -1.17. The fourth-order valence-electron chi connectivity index (χ4n) is 3.37. The third-order valence-electron chi connectivity index (χ3n) is 4.84. The van der Waals surface area contributed by atoms with Crippen LogP contribution in [-0.4, -0.2) is 47.4 Å². The maximum absolute atomic E-state index is 12.7. The molecule has 4 amide bonds. The van der Waals surface area contributed by atoms with Crippen LogP contribution in [-0.2, 0) is 15.1 Å². The molecule has 0 bridgehead atoms. The van der Waals surface area contributed by atoms with Crippen LogP contribution in [0.2, 0.25) is 0 Å². The number of rotatable bonds is 4. The van der Waals surface area contributed by atoms with Gasteiger partial charge in [0, 0.05) is 0 Å². The quantitative estimate of drug-likeness (QED) is 0.808. The van der Waals surface area contributed by atoms with Crippen molar-refractivity contribution in [3.8, 4) is 0 Å². The number of urea groups is 1. The van der Waals surface area contributed by atoms with Crippen molar-refractivity contribution in [2.75, 3.05) is 19.6 Å². The normalized spacial score (nSPS) is 24.8. The molecular formula is C18H24N4O3. The molecule has 7 heteroatoms. The zero-order chi connectivity index (χ0) is 17.9. The Kier molecular flexibility index (Phi) is 5.03. The molecule has 2 heterocycles. The summed E-state index contributed by atoms with van der Waals surface area (Å²) in [5, 5.41) is 3.47. The monoisotopic (exact) mass is 344 g/mol. The van der Waals surface area contributed by atoms with Gasteiger partial charge in [0.05, 0.1) is 6.54 Å². The lowest BCUT2D eigenvalue weighted by Crippen LogP contribution is -2.50. The van der Waals surface area contributed by atoms with Gasteiger partial charge in [-0.25, -0.2) is 4.79 Å². The Bertz CT molecular complexity index is 656. The fraction of sp³-hybridized carbons (Fsp3) is 0.500. The SMILES string of the molecule is C[C@]1(c2ccccc2)NC(=O)N(NC(=O)CN2CCCCCC2)C1=O. The second kappa shape index (κ2) is 7.23. The Balaban J connectivity index is 1.65. The van der Waals surface area contributed by atoms with E-state index in [0.29, 0.717) is 5.56 Å². The summed E-state index contributed by atoms with van der Waals surface area (Å²) >= 11 is 0. The molecular weight excluding hydrogens is 320 g/mol. The molecule has 7 nitrogen and oxygen atoms in total. The molecule has 134 valence electrons. The predicted octanol–water partition coefficient (Wildman–Crippen LogP) is 1.36. The van der Waals surface area contributed by atoms with E-state index in [1.54, 1.807) is 31.2 Å². The number of hydrogen-bond donors (Lipinski definition) is 2. The zero-order valence-electron chi connectivity index (χ0n) is 14.5. The highest BCUT2D eigenvalue weighted by atomic mass is 16.2. The van der Waals surface area contributed by atoms with Crippen molar-refractivity contribution in [1.29, 1.82) is 0 Å². The number of carbonyl (C=O) groups is 3. The highest BCUT2D eigenvalue weighted by molar-refractivity contribution is 6.08. The zero-order valence-corrected chi connectivity index (χ0v) is 14.5. The number of benzene rings is 1. The van der Waals surface area contributed by atoms with Gasteiger partial charge in [0.25, 0.3) is 11.8 Å². The van der Waals surface area contributed by atoms with E-state index in [0.717, 1.165) is 30.9 Å². The largest absolute Gasteiger partial charge is 0.344 e. The smallest absolute Gasteiger partial charge is 0.318 e. The first-order chi connectivity index (χ1) is 12.0. The van der Waals surface area contributed by atoms with Crippen LogP contribution in [0.4, 0.5) is 4.79 Å². The molecule has 2 N–H and O–H groups in total. The minimum absolute atomic E-state index is 0.194. The van der Waals surface area contributed by atoms with Crippen LogP contribution in [0.25, 0.3) is 0 Å². The minimum Gasteiger partial charge on any atom is -0.318 e. The number of carbonyl (C=O) groups excluding carboxylic acids is 3. The molecule has 2 fully saturated rings. The Morgan fingerprint density at radius 3 is 2.40 bits per heavy atom. The Hall–Kier alpha value is -2.41. The molecule has 0 spiro atoms. The van der Waals surface area contributed by atoms with Crippen LogP contribution in [0.3, 0.4) is 0 Å². The van der Waals surface area contributed by atoms with E-state index in [9.17, 15) is 14.4 Å². The van der Waals surface area contributed by atoms with Crippen LogP contribution in [0, 0.1) is 0 Å². The average molecular weight is 344 g/mol. The number of likely N-dealkylation sites (tertiary alicyclic amines) is 1. The van der Waals surface area contributed by atoms with Crippen molar-refractivity contribution < 1.29 is 14.4 Å². The average Bonchev–Trinajstić information content (AvgIpc) is 2.80. The first-order valence-electron chi connectivity index (χ1n) is 8.75. The molecule has 1 aromatic carbocycles. The van der Waals surface area contributed by atoms with Crippen LogP contribution in [0.1, 0.15) is 38.2 Å². The number of hydrogen-bond acceptors (Lipinski definition) is 4. The number of imide groups is 1. The molecule has 2 saturated heterocycles. The third kappa shape index (κ3) is 3.66. The molecule has 3 rings (SSSR count). The van der Waals surface area contributed by atoms with Gasteiger partial charge in [-0.3, -0.25) is 19.9 Å². The number of nitrogens with zero attached hydrogens (tertiary/aromatic N) is 2. The summed E-state index contributed by atoms with van der Waals surface area (Å²) in [5.74, 6) is -0.823. The highest BCUT2D eigenvalue weighted by Crippen LogP contribution is 2.27. The Morgan fingerprint density at radius 1 is 1.12 bits per heavy atom.